The summed E-state index contributed by atoms with van der Waals surface area (Å²) in [5.41, 5.74) is 0.292. The fraction of sp³-hybridized carbons (Fsp3) is 0.400. The van der Waals surface area contributed by atoms with Gasteiger partial charge in [-0.25, -0.2) is 0 Å². The van der Waals surface area contributed by atoms with Gasteiger partial charge >= 0.3 is 6.18 Å². The molecule has 0 bridgehead atoms. The summed E-state index contributed by atoms with van der Waals surface area (Å²) in [6.07, 6.45) is -0.800. The van der Waals surface area contributed by atoms with Crippen LogP contribution in [-0.2, 0) is 6.54 Å². The van der Waals surface area contributed by atoms with Crippen molar-refractivity contribution in [1.29, 1.82) is 0 Å². The molecular weight excluding hydrogens is 221 g/mol. The summed E-state index contributed by atoms with van der Waals surface area (Å²) in [6, 6.07) is 0. The van der Waals surface area contributed by atoms with E-state index in [9.17, 15) is 18.0 Å². The van der Waals surface area contributed by atoms with Crippen LogP contribution < -0.4 is 0 Å². The molecule has 88 valence electrons. The number of halogens is 3. The van der Waals surface area contributed by atoms with Crippen molar-refractivity contribution in [2.24, 2.45) is 0 Å². The molecule has 1 rings (SSSR count). The fourth-order valence-corrected chi connectivity index (χ4v) is 1.06. The van der Waals surface area contributed by atoms with Crippen LogP contribution in [0.25, 0.3) is 0 Å². The Kier molecular flexibility index (Phi) is 3.87. The van der Waals surface area contributed by atoms with Gasteiger partial charge in [-0.1, -0.05) is 6.08 Å². The number of ketones is 1. The second-order valence-corrected chi connectivity index (χ2v) is 3.17. The molecule has 0 saturated carbocycles. The summed E-state index contributed by atoms with van der Waals surface area (Å²) >= 11 is 0. The van der Waals surface area contributed by atoms with Gasteiger partial charge in [-0.2, -0.15) is 18.3 Å². The van der Waals surface area contributed by atoms with Gasteiger partial charge in [-0.15, -0.1) is 0 Å². The van der Waals surface area contributed by atoms with Crippen LogP contribution in [0.5, 0.6) is 0 Å². The number of hydrogen-bond donors (Lipinski definition) is 0. The highest BCUT2D eigenvalue weighted by Crippen LogP contribution is 2.19. The maximum atomic E-state index is 11.8. The van der Waals surface area contributed by atoms with Crippen LogP contribution in [0.1, 0.15) is 23.7 Å². The Balaban J connectivity index is 2.59. The highest BCUT2D eigenvalue weighted by atomic mass is 19.4. The predicted molar refractivity (Wildman–Crippen MR) is 52.0 cm³/mol. The zero-order valence-electron chi connectivity index (χ0n) is 8.66. The Bertz CT molecular complexity index is 393. The van der Waals surface area contributed by atoms with E-state index in [1.807, 2.05) is 6.92 Å². The van der Waals surface area contributed by atoms with Crippen LogP contribution in [0.15, 0.2) is 24.5 Å². The highest BCUT2D eigenvalue weighted by molar-refractivity contribution is 6.04. The number of rotatable bonds is 4. The molecular formula is C10H11F3N2O. The van der Waals surface area contributed by atoms with E-state index in [-0.39, 0.29) is 0 Å². The Morgan fingerprint density at radius 1 is 1.56 bits per heavy atom. The van der Waals surface area contributed by atoms with Gasteiger partial charge in [-0.3, -0.25) is 9.48 Å². The molecule has 3 nitrogen and oxygen atoms in total. The summed E-state index contributed by atoms with van der Waals surface area (Å²) in [5, 5.41) is 3.85. The SMILES string of the molecule is CCn1cc(C(=O)/C=C/CC(F)(F)F)cn1. The summed E-state index contributed by atoms with van der Waals surface area (Å²) in [7, 11) is 0. The molecule has 1 heterocycles. The second-order valence-electron chi connectivity index (χ2n) is 3.17. The molecule has 0 fully saturated rings. The highest BCUT2D eigenvalue weighted by Gasteiger charge is 2.24. The van der Waals surface area contributed by atoms with Crippen LogP contribution in [0, 0.1) is 0 Å². The van der Waals surface area contributed by atoms with E-state index in [1.165, 1.54) is 17.1 Å². The third-order valence-corrected chi connectivity index (χ3v) is 1.86. The van der Waals surface area contributed by atoms with E-state index in [0.29, 0.717) is 12.1 Å². The number of hydrogen-bond acceptors (Lipinski definition) is 2. The molecule has 1 aromatic heterocycles. The van der Waals surface area contributed by atoms with Crippen molar-refractivity contribution in [2.45, 2.75) is 26.1 Å². The standard InChI is InChI=1S/C10H11F3N2O/c1-2-15-7-8(6-14-15)9(16)4-3-5-10(11,12)13/h3-4,6-7H,2,5H2,1H3/b4-3+. The average Bonchev–Trinajstić information content (AvgIpc) is 2.63. The van der Waals surface area contributed by atoms with Crippen LogP contribution >= 0.6 is 0 Å². The molecule has 0 aliphatic heterocycles. The largest absolute Gasteiger partial charge is 0.392 e. The van der Waals surface area contributed by atoms with Crippen molar-refractivity contribution in [3.05, 3.63) is 30.1 Å². The van der Waals surface area contributed by atoms with Gasteiger partial charge in [0.2, 0.25) is 0 Å². The van der Waals surface area contributed by atoms with E-state index in [4.69, 9.17) is 0 Å². The molecule has 0 aromatic carbocycles. The number of alkyl halides is 3. The zero-order valence-corrected chi connectivity index (χ0v) is 8.66. The number of carbonyl (C=O) groups is 1. The van der Waals surface area contributed by atoms with Crippen molar-refractivity contribution < 1.29 is 18.0 Å². The first-order chi connectivity index (χ1) is 7.42. The smallest absolute Gasteiger partial charge is 0.289 e. The van der Waals surface area contributed by atoms with Gasteiger partial charge in [0.05, 0.1) is 18.2 Å². The third-order valence-electron chi connectivity index (χ3n) is 1.86. The van der Waals surface area contributed by atoms with E-state index in [0.717, 1.165) is 12.2 Å². The number of carbonyl (C=O) groups excluding carboxylic acids is 1. The van der Waals surface area contributed by atoms with Gasteiger partial charge in [0.15, 0.2) is 5.78 Å². The van der Waals surface area contributed by atoms with Crippen LogP contribution in [0.2, 0.25) is 0 Å². The molecule has 16 heavy (non-hydrogen) atoms. The van der Waals surface area contributed by atoms with E-state index >= 15 is 0 Å². The summed E-state index contributed by atoms with van der Waals surface area (Å²) < 4.78 is 36.9. The minimum Gasteiger partial charge on any atom is -0.289 e. The van der Waals surface area contributed by atoms with Crippen molar-refractivity contribution in [3.63, 3.8) is 0 Å². The number of nitrogens with zero attached hydrogens (tertiary/aromatic N) is 2. The normalized spacial score (nSPS) is 12.2. The quantitative estimate of drug-likeness (QED) is 0.590. The molecule has 1 aromatic rings. The summed E-state index contributed by atoms with van der Waals surface area (Å²) in [5.74, 6) is -0.469. The number of aromatic nitrogens is 2. The van der Waals surface area contributed by atoms with Crippen molar-refractivity contribution in [1.82, 2.24) is 9.78 Å². The monoisotopic (exact) mass is 232 g/mol. The molecule has 6 heteroatoms. The Morgan fingerprint density at radius 3 is 2.75 bits per heavy atom. The van der Waals surface area contributed by atoms with E-state index < -0.39 is 18.4 Å². The molecule has 0 saturated heterocycles. The number of allylic oxidation sites excluding steroid dienone is 2. The van der Waals surface area contributed by atoms with Crippen molar-refractivity contribution in [2.75, 3.05) is 0 Å². The van der Waals surface area contributed by atoms with Crippen molar-refractivity contribution >= 4 is 5.78 Å². The summed E-state index contributed by atoms with van der Waals surface area (Å²) in [6.45, 7) is 2.46. The molecule has 0 radical (unpaired) electrons. The Labute approximate surface area is 90.6 Å². The molecule has 0 unspecified atom stereocenters. The third kappa shape index (κ3) is 3.88. The molecule has 0 aliphatic carbocycles. The lowest BCUT2D eigenvalue weighted by Gasteiger charge is -1.99. The topological polar surface area (TPSA) is 34.9 Å². The Morgan fingerprint density at radius 2 is 2.25 bits per heavy atom. The zero-order chi connectivity index (χ0) is 12.2. The molecule has 0 spiro atoms. The molecule has 0 aliphatic rings. The lowest BCUT2D eigenvalue weighted by atomic mass is 10.2. The van der Waals surface area contributed by atoms with Gasteiger partial charge in [-0.05, 0) is 13.0 Å². The predicted octanol–water partition coefficient (Wildman–Crippen LogP) is 2.59. The molecule has 0 N–H and O–H groups in total. The van der Waals surface area contributed by atoms with Crippen molar-refractivity contribution in [3.8, 4) is 0 Å². The lowest BCUT2D eigenvalue weighted by molar-refractivity contribution is -0.125. The molecule has 0 atom stereocenters. The van der Waals surface area contributed by atoms with Crippen LogP contribution in [0.3, 0.4) is 0 Å². The maximum absolute atomic E-state index is 11.8. The first-order valence-electron chi connectivity index (χ1n) is 4.72. The lowest BCUT2D eigenvalue weighted by Crippen LogP contribution is -2.04. The van der Waals surface area contributed by atoms with E-state index in [1.54, 1.807) is 0 Å². The first-order valence-corrected chi connectivity index (χ1v) is 4.72. The minimum absolute atomic E-state index is 0.292. The molecule has 0 amide bonds. The fourth-order valence-electron chi connectivity index (χ4n) is 1.06. The van der Waals surface area contributed by atoms with Gasteiger partial charge in [0, 0.05) is 12.7 Å². The number of aryl methyl sites for hydroxylation is 1. The second kappa shape index (κ2) is 4.96. The van der Waals surface area contributed by atoms with Gasteiger partial charge < -0.3 is 0 Å². The van der Waals surface area contributed by atoms with Crippen LogP contribution in [-0.4, -0.2) is 21.7 Å². The summed E-state index contributed by atoms with van der Waals surface area (Å²) in [4.78, 5) is 11.4. The first kappa shape index (κ1) is 12.5. The van der Waals surface area contributed by atoms with Gasteiger partial charge in [0.25, 0.3) is 0 Å². The maximum Gasteiger partial charge on any atom is 0.392 e. The Hall–Kier alpha value is -1.59. The average molecular weight is 232 g/mol. The van der Waals surface area contributed by atoms with Crippen LogP contribution in [0.4, 0.5) is 13.2 Å². The minimum atomic E-state index is -4.27. The van der Waals surface area contributed by atoms with E-state index in [2.05, 4.69) is 5.10 Å². The van der Waals surface area contributed by atoms with Gasteiger partial charge in [0.1, 0.15) is 0 Å².